The van der Waals surface area contributed by atoms with Gasteiger partial charge in [0.25, 0.3) is 0 Å². The van der Waals surface area contributed by atoms with Crippen molar-refractivity contribution >= 4 is 39.4 Å². The van der Waals surface area contributed by atoms with Gasteiger partial charge in [0.05, 0.1) is 0 Å². The van der Waals surface area contributed by atoms with Crippen LogP contribution in [0.2, 0.25) is 0 Å². The summed E-state index contributed by atoms with van der Waals surface area (Å²) in [6.45, 7) is 2.21. The number of hydrogen-bond donors (Lipinski definition) is 2. The second-order valence-electron chi connectivity index (χ2n) is 3.23. The molecule has 0 fully saturated rings. The number of halogens is 1. The number of amides is 1. The number of anilines is 2. The Kier molecular flexibility index (Phi) is 11.1. The maximum atomic E-state index is 9.93. The van der Waals surface area contributed by atoms with E-state index in [2.05, 4.69) is 12.2 Å². The summed E-state index contributed by atoms with van der Waals surface area (Å²) in [6, 6.07) is 7.00. The fourth-order valence-corrected chi connectivity index (χ4v) is 2.62. The van der Waals surface area contributed by atoms with Crippen molar-refractivity contribution < 1.29 is 7.86 Å². The molecular formula is C12H21IN2O2. The Hall–Kier alpha value is -0.820. The first-order valence-corrected chi connectivity index (χ1v) is 8.05. The average Bonchev–Trinajstić information content (AvgIpc) is 2.31. The number of rotatable bonds is 6. The molecule has 0 aliphatic carbocycles. The number of carbonyl (C=O) groups is 1. The summed E-state index contributed by atoms with van der Waals surface area (Å²) in [7, 11) is 1.80. The minimum absolute atomic E-state index is 0.0244. The zero-order valence-corrected chi connectivity index (χ0v) is 12.6. The zero-order valence-electron chi connectivity index (χ0n) is 10.3. The fraction of sp³-hybridized carbons (Fsp3) is 0.417. The van der Waals surface area contributed by atoms with Gasteiger partial charge in [-0.3, -0.25) is 4.79 Å². The van der Waals surface area contributed by atoms with Crippen LogP contribution in [0.4, 0.5) is 11.4 Å². The van der Waals surface area contributed by atoms with E-state index in [1.165, 1.54) is 17.3 Å². The van der Waals surface area contributed by atoms with E-state index in [-0.39, 0.29) is 21.6 Å². The summed E-state index contributed by atoms with van der Waals surface area (Å²) in [6.07, 6.45) is 3.29. The fourth-order valence-electron chi connectivity index (χ4n) is 0.983. The molecule has 0 bridgehead atoms. The summed E-state index contributed by atoms with van der Waals surface area (Å²) in [4.78, 5) is 9.93. The van der Waals surface area contributed by atoms with Crippen LogP contribution < -0.4 is 11.1 Å². The molecule has 1 aromatic rings. The van der Waals surface area contributed by atoms with Gasteiger partial charge in [0, 0.05) is 11.4 Å². The van der Waals surface area contributed by atoms with Gasteiger partial charge in [-0.2, -0.15) is 0 Å². The Balaban J connectivity index is 0.000000325. The van der Waals surface area contributed by atoms with Crippen LogP contribution in [0.1, 0.15) is 19.8 Å². The van der Waals surface area contributed by atoms with E-state index in [9.17, 15) is 4.79 Å². The normalized spacial score (nSPS) is 9.29. The van der Waals surface area contributed by atoms with Crippen molar-refractivity contribution in [3.8, 4) is 0 Å². The number of alkyl halides is 1. The van der Waals surface area contributed by atoms with Gasteiger partial charge in [0.15, 0.2) is 0 Å². The van der Waals surface area contributed by atoms with E-state index in [4.69, 9.17) is 8.80 Å². The van der Waals surface area contributed by atoms with Gasteiger partial charge >= 0.3 is 56.0 Å². The Labute approximate surface area is 114 Å². The van der Waals surface area contributed by atoms with Gasteiger partial charge in [0.1, 0.15) is 0 Å². The predicted molar refractivity (Wildman–Crippen MR) is 82.7 cm³/mol. The maximum Gasteiger partial charge on any atom is 0.211 e. The van der Waals surface area contributed by atoms with E-state index in [1.54, 1.807) is 31.4 Å². The van der Waals surface area contributed by atoms with E-state index in [0.29, 0.717) is 12.1 Å². The molecule has 0 aliphatic heterocycles. The largest absolute Gasteiger partial charge is 0.399 e. The number of hydrogen-bond acceptors (Lipinski definition) is 3. The van der Waals surface area contributed by atoms with Crippen LogP contribution in [0, 0.1) is 0 Å². The summed E-state index contributed by atoms with van der Waals surface area (Å²) < 4.78 is 6.32. The van der Waals surface area contributed by atoms with Gasteiger partial charge in [-0.05, 0) is 18.2 Å². The molecule has 0 saturated heterocycles. The molecule has 0 atom stereocenters. The Morgan fingerprint density at radius 1 is 1.53 bits per heavy atom. The maximum absolute atomic E-state index is 9.93. The molecule has 1 aromatic carbocycles. The second-order valence-corrected chi connectivity index (χ2v) is 6.02. The van der Waals surface area contributed by atoms with Crippen LogP contribution in [-0.2, 0) is 7.86 Å². The van der Waals surface area contributed by atoms with Crippen molar-refractivity contribution in [2.24, 2.45) is 0 Å². The SMILES string of the molecule is CCCC[IH]OC.Nc1cccc(NC=O)c1. The van der Waals surface area contributed by atoms with Crippen LogP contribution in [0.25, 0.3) is 0 Å². The van der Waals surface area contributed by atoms with Crippen LogP contribution in [0.3, 0.4) is 0 Å². The molecule has 0 aromatic heterocycles. The minimum atomic E-state index is -0.0244. The van der Waals surface area contributed by atoms with E-state index < -0.39 is 0 Å². The molecule has 4 nitrogen and oxygen atoms in total. The van der Waals surface area contributed by atoms with Crippen molar-refractivity contribution in [3.05, 3.63) is 24.3 Å². The molecule has 0 radical (unpaired) electrons. The van der Waals surface area contributed by atoms with Crippen molar-refractivity contribution in [2.45, 2.75) is 19.8 Å². The van der Waals surface area contributed by atoms with Gasteiger partial charge in [0.2, 0.25) is 6.41 Å². The van der Waals surface area contributed by atoms with Crippen LogP contribution in [0.15, 0.2) is 24.3 Å². The predicted octanol–water partition coefficient (Wildman–Crippen LogP) is 2.89. The van der Waals surface area contributed by atoms with Gasteiger partial charge in [-0.1, -0.05) is 6.07 Å². The first kappa shape index (κ1) is 16.2. The van der Waals surface area contributed by atoms with Crippen LogP contribution in [0.5, 0.6) is 0 Å². The minimum Gasteiger partial charge on any atom is -0.399 e. The quantitative estimate of drug-likeness (QED) is 0.272. The van der Waals surface area contributed by atoms with Crippen molar-refractivity contribution in [1.29, 1.82) is 0 Å². The first-order chi connectivity index (χ1) is 8.24. The smallest absolute Gasteiger partial charge is 0.211 e. The average molecular weight is 352 g/mol. The van der Waals surface area contributed by atoms with Crippen molar-refractivity contribution in [2.75, 3.05) is 22.6 Å². The second kappa shape index (κ2) is 11.7. The molecule has 5 heteroatoms. The molecule has 98 valence electrons. The number of unbranched alkanes of at least 4 members (excludes halogenated alkanes) is 1. The summed E-state index contributed by atoms with van der Waals surface area (Å²) in [5.74, 6) is 0. The molecule has 0 spiro atoms. The molecule has 0 saturated carbocycles. The third kappa shape index (κ3) is 10.1. The monoisotopic (exact) mass is 352 g/mol. The molecule has 0 heterocycles. The third-order valence-corrected chi connectivity index (χ3v) is 3.78. The van der Waals surface area contributed by atoms with Gasteiger partial charge in [-0.25, -0.2) is 0 Å². The molecule has 0 aliphatic rings. The van der Waals surface area contributed by atoms with Crippen molar-refractivity contribution in [3.63, 3.8) is 0 Å². The van der Waals surface area contributed by atoms with Gasteiger partial charge in [-0.15, -0.1) is 0 Å². The third-order valence-electron chi connectivity index (χ3n) is 1.81. The molecular weight excluding hydrogens is 331 g/mol. The van der Waals surface area contributed by atoms with Crippen molar-refractivity contribution in [1.82, 2.24) is 0 Å². The topological polar surface area (TPSA) is 64.3 Å². The molecule has 1 rings (SSSR count). The van der Waals surface area contributed by atoms with Crippen LogP contribution >= 0.6 is 21.6 Å². The number of nitrogen functional groups attached to an aromatic ring is 1. The molecule has 3 N–H and O–H groups in total. The number of nitrogens with two attached hydrogens (primary N) is 1. The van der Waals surface area contributed by atoms with E-state index in [1.807, 2.05) is 0 Å². The molecule has 17 heavy (non-hydrogen) atoms. The Morgan fingerprint density at radius 2 is 2.29 bits per heavy atom. The standard InChI is InChI=1S/C7H8N2O.C5H13IO/c8-6-2-1-3-7(4-6)9-5-10;1-3-4-5-6-7-2/h1-5H,8H2,(H,9,10);6H,3-5H2,1-2H3. The van der Waals surface area contributed by atoms with Gasteiger partial charge < -0.3 is 11.1 Å². The summed E-state index contributed by atoms with van der Waals surface area (Å²) in [5.41, 5.74) is 6.80. The number of carbonyl (C=O) groups excluding carboxylic acids is 1. The number of benzene rings is 1. The number of nitrogens with one attached hydrogen (secondary N) is 1. The zero-order chi connectivity index (χ0) is 12.9. The summed E-state index contributed by atoms with van der Waals surface area (Å²) in [5, 5.41) is 2.49. The van der Waals surface area contributed by atoms with Crippen LogP contribution in [-0.4, -0.2) is 17.9 Å². The first-order valence-electron chi connectivity index (χ1n) is 5.46. The van der Waals surface area contributed by atoms with E-state index >= 15 is 0 Å². The Bertz CT molecular complexity index is 304. The van der Waals surface area contributed by atoms with E-state index in [0.717, 1.165) is 5.69 Å². The molecule has 0 unspecified atom stereocenters. The Morgan fingerprint density at radius 3 is 2.82 bits per heavy atom. The molecule has 1 amide bonds. The summed E-state index contributed by atoms with van der Waals surface area (Å²) >= 11 is -0.0244.